The molecule has 1 atom stereocenters. The first-order valence-electron chi connectivity index (χ1n) is 11.9. The van der Waals surface area contributed by atoms with Crippen molar-refractivity contribution in [3.8, 4) is 5.75 Å². The van der Waals surface area contributed by atoms with Crippen LogP contribution in [-0.2, 0) is 6.61 Å². The van der Waals surface area contributed by atoms with E-state index in [0.717, 1.165) is 13.0 Å². The van der Waals surface area contributed by atoms with Crippen LogP contribution in [0.25, 0.3) is 5.70 Å². The number of allylic oxidation sites excluding steroid dienone is 4. The normalized spacial score (nSPS) is 18.1. The molecule has 184 valence electrons. The van der Waals surface area contributed by atoms with Gasteiger partial charge in [-0.05, 0) is 98.5 Å². The Morgan fingerprint density at radius 3 is 2.86 bits per heavy atom. The molecule has 35 heavy (non-hydrogen) atoms. The molecule has 2 aliphatic rings. The van der Waals surface area contributed by atoms with E-state index in [9.17, 15) is 9.18 Å². The molecule has 7 heteroatoms. The van der Waals surface area contributed by atoms with E-state index in [1.54, 1.807) is 18.5 Å². The second-order valence-electron chi connectivity index (χ2n) is 9.41. The monoisotopic (exact) mass is 587 g/mol. The van der Waals surface area contributed by atoms with E-state index < -0.39 is 5.82 Å². The molecule has 4 heterocycles. The fourth-order valence-corrected chi connectivity index (χ4v) is 5.19. The Balaban J connectivity index is 1.46. The minimum atomic E-state index is -0.428. The van der Waals surface area contributed by atoms with E-state index in [0.29, 0.717) is 21.1 Å². The highest BCUT2D eigenvalue weighted by atomic mass is 127. The van der Waals surface area contributed by atoms with E-state index in [-0.39, 0.29) is 17.9 Å². The Morgan fingerprint density at radius 2 is 2.14 bits per heavy atom. The van der Waals surface area contributed by atoms with Gasteiger partial charge in [0.2, 0.25) is 0 Å². The number of nitrogens with zero attached hydrogens (tertiary/aromatic N) is 3. The summed E-state index contributed by atoms with van der Waals surface area (Å²) in [6.07, 6.45) is 10.9. The third-order valence-electron chi connectivity index (χ3n) is 6.68. The zero-order chi connectivity index (χ0) is 25.1. The van der Waals surface area contributed by atoms with Gasteiger partial charge in [0.05, 0.1) is 0 Å². The van der Waals surface area contributed by atoms with Crippen molar-refractivity contribution in [1.29, 1.82) is 0 Å². The van der Waals surface area contributed by atoms with E-state index in [4.69, 9.17) is 4.74 Å². The van der Waals surface area contributed by atoms with Crippen LogP contribution in [-0.4, -0.2) is 33.6 Å². The van der Waals surface area contributed by atoms with E-state index in [1.165, 1.54) is 58.4 Å². The van der Waals surface area contributed by atoms with Crippen molar-refractivity contribution >= 4 is 28.3 Å². The van der Waals surface area contributed by atoms with Crippen LogP contribution in [0.15, 0.2) is 76.4 Å². The molecular weight excluding hydrogens is 556 g/mol. The Bertz CT molecular complexity index is 1290. The summed E-state index contributed by atoms with van der Waals surface area (Å²) in [7, 11) is 0. The van der Waals surface area contributed by atoms with E-state index in [1.807, 2.05) is 28.7 Å². The molecule has 1 saturated heterocycles. The third-order valence-corrected chi connectivity index (χ3v) is 7.27. The first kappa shape index (κ1) is 25.6. The van der Waals surface area contributed by atoms with Crippen LogP contribution in [0.5, 0.6) is 5.75 Å². The number of hydrogen-bond acceptors (Lipinski definition) is 4. The van der Waals surface area contributed by atoms with Crippen LogP contribution in [0.4, 0.5) is 4.39 Å². The molecule has 5 nitrogen and oxygen atoms in total. The van der Waals surface area contributed by atoms with Crippen LogP contribution in [0.1, 0.15) is 45.7 Å². The average molecular weight is 587 g/mol. The number of halogens is 2. The molecule has 0 radical (unpaired) electrons. The van der Waals surface area contributed by atoms with Gasteiger partial charge in [0.1, 0.15) is 23.9 Å². The van der Waals surface area contributed by atoms with Crippen molar-refractivity contribution in [2.24, 2.45) is 0 Å². The lowest BCUT2D eigenvalue weighted by atomic mass is 9.89. The number of aromatic nitrogens is 2. The zero-order valence-electron chi connectivity index (χ0n) is 20.5. The number of pyridine rings is 2. The molecule has 0 aromatic carbocycles. The molecule has 4 rings (SSSR count). The maximum absolute atomic E-state index is 14.0. The largest absolute Gasteiger partial charge is 0.487 e. The fraction of sp³-hybridized carbons (Fsp3) is 0.357. The molecule has 0 amide bonds. The van der Waals surface area contributed by atoms with Crippen LogP contribution < -0.4 is 10.3 Å². The van der Waals surface area contributed by atoms with Gasteiger partial charge in [-0.3, -0.25) is 19.2 Å². The summed E-state index contributed by atoms with van der Waals surface area (Å²) in [4.78, 5) is 19.4. The minimum absolute atomic E-state index is 0.0523. The van der Waals surface area contributed by atoms with Gasteiger partial charge in [0, 0.05) is 40.3 Å². The lowest BCUT2D eigenvalue weighted by molar-refractivity contribution is 0.259. The second-order valence-corrected chi connectivity index (χ2v) is 10.7. The number of fused-ring (bicyclic) bond motifs is 1. The first-order chi connectivity index (χ1) is 16.7. The summed E-state index contributed by atoms with van der Waals surface area (Å²) in [5.74, 6) is -0.0710. The SMILES string of the molecule is C=C(/C=C\C(=C(C)C)C1=C(C)CC2CCCN2C1)n1ccc(OCc2ncc(I)cc2F)cc1=O. The second kappa shape index (κ2) is 11.0. The van der Waals surface area contributed by atoms with E-state index >= 15 is 0 Å². The Kier molecular flexibility index (Phi) is 8.06. The molecule has 0 saturated carbocycles. The molecule has 0 aliphatic carbocycles. The van der Waals surface area contributed by atoms with Gasteiger partial charge < -0.3 is 4.74 Å². The summed E-state index contributed by atoms with van der Waals surface area (Å²) >= 11 is 2.00. The molecule has 1 fully saturated rings. The Labute approximate surface area is 219 Å². The van der Waals surface area contributed by atoms with Crippen LogP contribution in [0, 0.1) is 9.39 Å². The first-order valence-corrected chi connectivity index (χ1v) is 12.9. The third kappa shape index (κ3) is 6.01. The van der Waals surface area contributed by atoms with Crippen molar-refractivity contribution < 1.29 is 9.13 Å². The zero-order valence-corrected chi connectivity index (χ0v) is 22.6. The Hall–Kier alpha value is -2.52. The smallest absolute Gasteiger partial charge is 0.258 e. The van der Waals surface area contributed by atoms with Crippen molar-refractivity contribution in [1.82, 2.24) is 14.5 Å². The quantitative estimate of drug-likeness (QED) is 0.290. The van der Waals surface area contributed by atoms with Crippen LogP contribution in [0.2, 0.25) is 0 Å². The number of hydrogen-bond donors (Lipinski definition) is 0. The molecule has 2 aliphatic heterocycles. The van der Waals surface area contributed by atoms with Gasteiger partial charge in [0.25, 0.3) is 5.56 Å². The highest BCUT2D eigenvalue weighted by Gasteiger charge is 2.30. The number of rotatable bonds is 7. The maximum Gasteiger partial charge on any atom is 0.258 e. The predicted octanol–water partition coefficient (Wildman–Crippen LogP) is 6.11. The molecule has 2 aromatic rings. The summed E-state index contributed by atoms with van der Waals surface area (Å²) in [6, 6.07) is 5.14. The van der Waals surface area contributed by atoms with Crippen molar-refractivity contribution in [3.63, 3.8) is 0 Å². The molecule has 1 unspecified atom stereocenters. The average Bonchev–Trinajstić information content (AvgIpc) is 3.25. The number of ether oxygens (including phenoxy) is 1. The van der Waals surface area contributed by atoms with Gasteiger partial charge in [-0.1, -0.05) is 23.8 Å². The lowest BCUT2D eigenvalue weighted by Crippen LogP contribution is -2.35. The van der Waals surface area contributed by atoms with Gasteiger partial charge in [0.15, 0.2) is 0 Å². The molecule has 0 bridgehead atoms. The van der Waals surface area contributed by atoms with Crippen LogP contribution in [0.3, 0.4) is 0 Å². The van der Waals surface area contributed by atoms with Crippen molar-refractivity contribution in [2.45, 2.75) is 52.7 Å². The maximum atomic E-state index is 14.0. The molecule has 0 N–H and O–H groups in total. The van der Waals surface area contributed by atoms with Crippen molar-refractivity contribution in [2.75, 3.05) is 13.1 Å². The Morgan fingerprint density at radius 1 is 1.34 bits per heavy atom. The molecule has 0 spiro atoms. The molecule has 2 aromatic heterocycles. The summed E-state index contributed by atoms with van der Waals surface area (Å²) in [6.45, 7) is 12.7. The topological polar surface area (TPSA) is 47.4 Å². The van der Waals surface area contributed by atoms with Crippen molar-refractivity contribution in [3.05, 3.63) is 97.1 Å². The van der Waals surface area contributed by atoms with Gasteiger partial charge in [-0.2, -0.15) is 0 Å². The summed E-state index contributed by atoms with van der Waals surface area (Å²) in [5.41, 5.74) is 5.81. The predicted molar refractivity (Wildman–Crippen MR) is 147 cm³/mol. The lowest BCUT2D eigenvalue weighted by Gasteiger charge is -2.33. The van der Waals surface area contributed by atoms with Gasteiger partial charge in [-0.25, -0.2) is 4.39 Å². The highest BCUT2D eigenvalue weighted by Crippen LogP contribution is 2.34. The summed E-state index contributed by atoms with van der Waals surface area (Å²) < 4.78 is 21.8. The summed E-state index contributed by atoms with van der Waals surface area (Å²) in [5, 5.41) is 0. The van der Waals surface area contributed by atoms with E-state index in [2.05, 4.69) is 43.3 Å². The minimum Gasteiger partial charge on any atom is -0.487 e. The van der Waals surface area contributed by atoms with Gasteiger partial charge in [-0.15, -0.1) is 0 Å². The highest BCUT2D eigenvalue weighted by molar-refractivity contribution is 14.1. The fourth-order valence-electron chi connectivity index (χ4n) is 4.78. The standard InChI is InChI=1S/C28H31FIN3O2/c1-18(2)24(25-16-32-10-5-6-22(32)12-19(25)3)8-7-20(4)33-11-9-23(14-28(33)34)35-17-27-26(29)13-21(30)15-31-27/h7-9,11,13-15,22H,4-6,10,12,16-17H2,1-3H3/b8-7-. The molecular formula is C28H31FIN3O2. The van der Waals surface area contributed by atoms with Crippen LogP contribution >= 0.6 is 22.6 Å². The van der Waals surface area contributed by atoms with Gasteiger partial charge >= 0.3 is 0 Å².